The first-order chi connectivity index (χ1) is 7.91. The molecule has 3 heteroatoms. The molecule has 17 heavy (non-hydrogen) atoms. The van der Waals surface area contributed by atoms with Gasteiger partial charge in [0, 0.05) is 30.8 Å². The molecule has 3 aliphatic carbocycles. The van der Waals surface area contributed by atoms with Crippen LogP contribution in [0.15, 0.2) is 0 Å². The van der Waals surface area contributed by atoms with Crippen LogP contribution in [0.3, 0.4) is 0 Å². The van der Waals surface area contributed by atoms with E-state index < -0.39 is 0 Å². The molecule has 3 rings (SSSR count). The molecule has 4 atom stereocenters. The van der Waals surface area contributed by atoms with Crippen molar-refractivity contribution in [2.24, 2.45) is 16.2 Å². The maximum Gasteiger partial charge on any atom is 0.162 e. The SMILES string of the molecule is COC1C(=O)C[C@@]2(C)CC(=O)[C@]3(C)CCC[C@]123. The van der Waals surface area contributed by atoms with Gasteiger partial charge in [0.25, 0.3) is 0 Å². The summed E-state index contributed by atoms with van der Waals surface area (Å²) in [4.78, 5) is 24.6. The summed E-state index contributed by atoms with van der Waals surface area (Å²) in [5.74, 6) is 0.558. The van der Waals surface area contributed by atoms with Crippen LogP contribution in [0.25, 0.3) is 0 Å². The van der Waals surface area contributed by atoms with Crippen LogP contribution < -0.4 is 0 Å². The Morgan fingerprint density at radius 3 is 2.53 bits per heavy atom. The maximum absolute atomic E-state index is 12.4. The molecule has 0 bridgehead atoms. The van der Waals surface area contributed by atoms with E-state index in [9.17, 15) is 9.59 Å². The summed E-state index contributed by atoms with van der Waals surface area (Å²) >= 11 is 0. The van der Waals surface area contributed by atoms with Crippen LogP contribution >= 0.6 is 0 Å². The van der Waals surface area contributed by atoms with Crippen molar-refractivity contribution in [2.45, 2.75) is 52.1 Å². The van der Waals surface area contributed by atoms with Gasteiger partial charge in [0.15, 0.2) is 5.78 Å². The first kappa shape index (κ1) is 11.4. The Kier molecular flexibility index (Phi) is 2.01. The highest BCUT2D eigenvalue weighted by Crippen LogP contribution is 2.74. The molecule has 94 valence electrons. The standard InChI is InChI=1S/C14H20O3/c1-12-7-9(15)11(17-3)14(12)6-4-5-13(14,2)10(16)8-12/h11H,4-8H2,1-3H3/t11?,12-,13-,14-/m0/s1. The van der Waals surface area contributed by atoms with Gasteiger partial charge in [0.2, 0.25) is 0 Å². The Bertz CT molecular complexity index is 416. The van der Waals surface area contributed by atoms with E-state index in [1.165, 1.54) is 0 Å². The summed E-state index contributed by atoms with van der Waals surface area (Å²) in [5.41, 5.74) is -0.704. The molecule has 0 aromatic rings. The number of carbonyl (C=O) groups excluding carboxylic acids is 2. The van der Waals surface area contributed by atoms with Gasteiger partial charge in [0.05, 0.1) is 0 Å². The molecule has 3 fully saturated rings. The minimum absolute atomic E-state index is 0.160. The van der Waals surface area contributed by atoms with Gasteiger partial charge in [-0.15, -0.1) is 0 Å². The van der Waals surface area contributed by atoms with E-state index in [1.807, 2.05) is 0 Å². The Morgan fingerprint density at radius 2 is 1.88 bits per heavy atom. The molecule has 0 aliphatic heterocycles. The lowest BCUT2D eigenvalue weighted by Crippen LogP contribution is -2.48. The van der Waals surface area contributed by atoms with Gasteiger partial charge >= 0.3 is 0 Å². The van der Waals surface area contributed by atoms with E-state index in [0.29, 0.717) is 18.6 Å². The predicted molar refractivity (Wildman–Crippen MR) is 62.5 cm³/mol. The first-order valence-corrected chi connectivity index (χ1v) is 6.50. The number of ketones is 2. The number of hydrogen-bond acceptors (Lipinski definition) is 3. The average Bonchev–Trinajstić information content (AvgIpc) is 2.73. The van der Waals surface area contributed by atoms with E-state index in [2.05, 4.69) is 13.8 Å². The van der Waals surface area contributed by atoms with Crippen molar-refractivity contribution in [3.05, 3.63) is 0 Å². The van der Waals surface area contributed by atoms with Crippen LogP contribution in [0.4, 0.5) is 0 Å². The van der Waals surface area contributed by atoms with Gasteiger partial charge in [-0.2, -0.15) is 0 Å². The number of Topliss-reactive ketones (excluding diaryl/α,β-unsaturated/α-hetero) is 2. The fraction of sp³-hybridized carbons (Fsp3) is 0.857. The largest absolute Gasteiger partial charge is 0.373 e. The smallest absolute Gasteiger partial charge is 0.162 e. The van der Waals surface area contributed by atoms with E-state index >= 15 is 0 Å². The molecule has 3 nitrogen and oxygen atoms in total. The molecular formula is C14H20O3. The summed E-state index contributed by atoms with van der Waals surface area (Å²) in [6.45, 7) is 4.19. The summed E-state index contributed by atoms with van der Waals surface area (Å²) in [6.07, 6.45) is 3.67. The van der Waals surface area contributed by atoms with Crippen LogP contribution in [0.1, 0.15) is 46.0 Å². The van der Waals surface area contributed by atoms with Crippen molar-refractivity contribution >= 4 is 11.6 Å². The molecule has 0 aromatic carbocycles. The van der Waals surface area contributed by atoms with Crippen LogP contribution in [0.5, 0.6) is 0 Å². The lowest BCUT2D eigenvalue weighted by Gasteiger charge is -2.44. The van der Waals surface area contributed by atoms with Crippen molar-refractivity contribution in [2.75, 3.05) is 7.11 Å². The molecule has 0 radical (unpaired) electrons. The molecule has 0 amide bonds. The zero-order valence-corrected chi connectivity index (χ0v) is 10.8. The quantitative estimate of drug-likeness (QED) is 0.700. The molecule has 1 spiro atoms. The van der Waals surface area contributed by atoms with E-state index in [4.69, 9.17) is 4.74 Å². The molecule has 3 aliphatic rings. The first-order valence-electron chi connectivity index (χ1n) is 6.50. The van der Waals surface area contributed by atoms with Gasteiger partial charge in [-0.05, 0) is 18.3 Å². The van der Waals surface area contributed by atoms with Crippen molar-refractivity contribution in [1.29, 1.82) is 0 Å². The maximum atomic E-state index is 12.4. The normalized spacial score (nSPS) is 53.0. The third-order valence-electron chi connectivity index (χ3n) is 6.02. The molecule has 3 saturated carbocycles. The zero-order chi connectivity index (χ0) is 12.5. The second-order valence-electron chi connectivity index (χ2n) is 6.58. The third-order valence-corrected chi connectivity index (χ3v) is 6.02. The summed E-state index contributed by atoms with van der Waals surface area (Å²) in [6, 6.07) is 0. The van der Waals surface area contributed by atoms with Crippen molar-refractivity contribution < 1.29 is 14.3 Å². The van der Waals surface area contributed by atoms with Crippen molar-refractivity contribution in [1.82, 2.24) is 0 Å². The molecule has 1 unspecified atom stereocenters. The summed E-state index contributed by atoms with van der Waals surface area (Å²) in [5, 5.41) is 0. The number of carbonyl (C=O) groups is 2. The highest BCUT2D eigenvalue weighted by molar-refractivity contribution is 5.97. The lowest BCUT2D eigenvalue weighted by atomic mass is 9.59. The fourth-order valence-corrected chi connectivity index (χ4v) is 5.32. The average molecular weight is 236 g/mol. The summed E-state index contributed by atoms with van der Waals surface area (Å²) < 4.78 is 5.52. The molecule has 0 N–H and O–H groups in total. The molecular weight excluding hydrogens is 216 g/mol. The monoisotopic (exact) mass is 236 g/mol. The summed E-state index contributed by atoms with van der Waals surface area (Å²) in [7, 11) is 1.62. The minimum Gasteiger partial charge on any atom is -0.373 e. The van der Waals surface area contributed by atoms with Gasteiger partial charge in [-0.25, -0.2) is 0 Å². The van der Waals surface area contributed by atoms with Crippen LogP contribution in [0.2, 0.25) is 0 Å². The Labute approximate surface area is 102 Å². The highest BCUT2D eigenvalue weighted by Gasteiger charge is 2.77. The Morgan fingerprint density at radius 1 is 1.18 bits per heavy atom. The van der Waals surface area contributed by atoms with Crippen molar-refractivity contribution in [3.63, 3.8) is 0 Å². The van der Waals surface area contributed by atoms with Crippen LogP contribution in [-0.2, 0) is 14.3 Å². The Balaban J connectivity index is 2.22. The van der Waals surface area contributed by atoms with Crippen LogP contribution in [-0.4, -0.2) is 24.8 Å². The minimum atomic E-state index is -0.355. The van der Waals surface area contributed by atoms with E-state index in [-0.39, 0.29) is 28.1 Å². The third kappa shape index (κ3) is 0.953. The van der Waals surface area contributed by atoms with Gasteiger partial charge in [-0.3, -0.25) is 9.59 Å². The predicted octanol–water partition coefficient (Wildman–Crippen LogP) is 2.13. The van der Waals surface area contributed by atoms with E-state index in [0.717, 1.165) is 19.3 Å². The lowest BCUT2D eigenvalue weighted by molar-refractivity contribution is -0.141. The topological polar surface area (TPSA) is 43.4 Å². The van der Waals surface area contributed by atoms with Crippen molar-refractivity contribution in [3.8, 4) is 0 Å². The highest BCUT2D eigenvalue weighted by atomic mass is 16.5. The Hall–Kier alpha value is -0.700. The second-order valence-corrected chi connectivity index (χ2v) is 6.58. The van der Waals surface area contributed by atoms with Crippen LogP contribution in [0, 0.1) is 16.2 Å². The second kappa shape index (κ2) is 3.00. The number of hydrogen-bond donors (Lipinski definition) is 0. The fourth-order valence-electron chi connectivity index (χ4n) is 5.32. The van der Waals surface area contributed by atoms with Gasteiger partial charge < -0.3 is 4.74 Å². The number of ether oxygens (including phenoxy) is 1. The van der Waals surface area contributed by atoms with E-state index in [1.54, 1.807) is 7.11 Å². The van der Waals surface area contributed by atoms with Gasteiger partial charge in [-0.1, -0.05) is 20.3 Å². The zero-order valence-electron chi connectivity index (χ0n) is 10.8. The molecule has 0 heterocycles. The molecule has 0 aromatic heterocycles. The van der Waals surface area contributed by atoms with Gasteiger partial charge in [0.1, 0.15) is 11.9 Å². The molecule has 0 saturated heterocycles. The number of methoxy groups -OCH3 is 1. The number of rotatable bonds is 1.